The first kappa shape index (κ1) is 16.6. The highest BCUT2D eigenvalue weighted by atomic mass is 32.2. The lowest BCUT2D eigenvalue weighted by Crippen LogP contribution is -2.30. The molecule has 1 aliphatic carbocycles. The van der Waals surface area contributed by atoms with Gasteiger partial charge in [0.05, 0.1) is 18.1 Å². The van der Waals surface area contributed by atoms with Crippen LogP contribution in [0.3, 0.4) is 0 Å². The van der Waals surface area contributed by atoms with Crippen LogP contribution in [0.2, 0.25) is 0 Å². The molecule has 2 aromatic rings. The molecule has 1 saturated heterocycles. The van der Waals surface area contributed by atoms with Crippen molar-refractivity contribution in [3.8, 4) is 11.3 Å². The minimum atomic E-state index is -3.42. The van der Waals surface area contributed by atoms with Gasteiger partial charge in [-0.05, 0) is 56.4 Å². The fraction of sp³-hybridized carbons (Fsp3) is 0.500. The third-order valence-electron chi connectivity index (χ3n) is 4.57. The zero-order valence-corrected chi connectivity index (χ0v) is 14.8. The van der Waals surface area contributed by atoms with Gasteiger partial charge in [0, 0.05) is 23.8 Å². The van der Waals surface area contributed by atoms with Crippen LogP contribution in [0.4, 0.5) is 5.69 Å². The minimum absolute atomic E-state index is 0.00159. The fourth-order valence-corrected chi connectivity index (χ4v) is 4.38. The normalized spacial score (nSPS) is 21.2. The summed E-state index contributed by atoms with van der Waals surface area (Å²) in [5, 5.41) is 0. The molecule has 25 heavy (non-hydrogen) atoms. The van der Waals surface area contributed by atoms with Crippen molar-refractivity contribution in [2.45, 2.75) is 44.1 Å². The summed E-state index contributed by atoms with van der Waals surface area (Å²) in [6.07, 6.45) is 6.64. The first-order valence-electron chi connectivity index (χ1n) is 8.77. The number of hydrogen-bond acceptors (Lipinski definition) is 5. The van der Waals surface area contributed by atoms with E-state index in [0.29, 0.717) is 24.0 Å². The molecule has 0 bridgehead atoms. The fourth-order valence-electron chi connectivity index (χ4n) is 3.05. The van der Waals surface area contributed by atoms with Gasteiger partial charge in [0.25, 0.3) is 0 Å². The number of ether oxygens (including phenoxy) is 1. The van der Waals surface area contributed by atoms with Crippen LogP contribution in [-0.4, -0.2) is 31.9 Å². The molecule has 1 saturated carbocycles. The summed E-state index contributed by atoms with van der Waals surface area (Å²) < 4.78 is 38.5. The predicted molar refractivity (Wildman–Crippen MR) is 94.9 cm³/mol. The van der Waals surface area contributed by atoms with E-state index in [0.717, 1.165) is 43.6 Å². The Morgan fingerprint density at radius 1 is 1.12 bits per heavy atom. The smallest absolute Gasteiger partial charge is 0.235 e. The summed E-state index contributed by atoms with van der Waals surface area (Å²) in [4.78, 5) is 4.31. The number of benzene rings is 1. The Balaban J connectivity index is 1.40. The molecule has 4 rings (SSSR count). The van der Waals surface area contributed by atoms with E-state index in [4.69, 9.17) is 9.15 Å². The first-order valence-corrected chi connectivity index (χ1v) is 10.4. The largest absolute Gasteiger partial charge is 0.440 e. The van der Waals surface area contributed by atoms with Crippen LogP contribution < -0.4 is 4.72 Å². The van der Waals surface area contributed by atoms with Gasteiger partial charge in [0.2, 0.25) is 10.0 Å². The predicted octanol–water partition coefficient (Wildman–Crippen LogP) is 3.53. The number of oxazole rings is 1. The van der Waals surface area contributed by atoms with E-state index in [1.165, 1.54) is 0 Å². The maximum absolute atomic E-state index is 12.3. The minimum Gasteiger partial charge on any atom is -0.440 e. The van der Waals surface area contributed by atoms with E-state index >= 15 is 0 Å². The van der Waals surface area contributed by atoms with Crippen LogP contribution >= 0.6 is 0 Å². The lowest BCUT2D eigenvalue weighted by Gasteiger charge is -2.22. The van der Waals surface area contributed by atoms with E-state index in [-0.39, 0.29) is 11.9 Å². The summed E-state index contributed by atoms with van der Waals surface area (Å²) in [7, 11) is -3.42. The Labute approximate surface area is 147 Å². The van der Waals surface area contributed by atoms with Crippen LogP contribution in [0.25, 0.3) is 11.3 Å². The van der Waals surface area contributed by atoms with E-state index in [1.54, 1.807) is 18.3 Å². The third-order valence-corrected chi connectivity index (χ3v) is 5.93. The highest BCUT2D eigenvalue weighted by Crippen LogP contribution is 2.40. The molecule has 1 N–H and O–H groups in total. The van der Waals surface area contributed by atoms with Crippen LogP contribution in [0.1, 0.15) is 43.9 Å². The van der Waals surface area contributed by atoms with Crippen molar-refractivity contribution >= 4 is 15.7 Å². The van der Waals surface area contributed by atoms with Gasteiger partial charge in [-0.1, -0.05) is 0 Å². The van der Waals surface area contributed by atoms with Crippen molar-refractivity contribution in [2.24, 2.45) is 0 Å². The first-order chi connectivity index (χ1) is 12.1. The van der Waals surface area contributed by atoms with E-state index < -0.39 is 10.0 Å². The maximum Gasteiger partial charge on any atom is 0.235 e. The van der Waals surface area contributed by atoms with Crippen molar-refractivity contribution < 1.29 is 17.6 Å². The standard InChI is InChI=1S/C18H22N2O4S/c21-25(22,12-16-3-1-2-10-23-16)20-15-8-6-13(7-9-15)17-11-19-18(24-17)14-4-5-14/h6-9,11,14,16,20H,1-5,10,12H2. The highest BCUT2D eigenvalue weighted by molar-refractivity contribution is 7.92. The molecule has 134 valence electrons. The van der Waals surface area contributed by atoms with Crippen molar-refractivity contribution in [2.75, 3.05) is 17.1 Å². The van der Waals surface area contributed by atoms with Gasteiger partial charge in [-0.25, -0.2) is 13.4 Å². The molecule has 6 nitrogen and oxygen atoms in total. The molecule has 1 atom stereocenters. The van der Waals surface area contributed by atoms with E-state index in [9.17, 15) is 8.42 Å². The van der Waals surface area contributed by atoms with Gasteiger partial charge < -0.3 is 9.15 Å². The Kier molecular flexibility index (Phi) is 4.52. The topological polar surface area (TPSA) is 81.4 Å². The number of hydrogen-bond donors (Lipinski definition) is 1. The number of anilines is 1. The van der Waals surface area contributed by atoms with Gasteiger partial charge in [0.15, 0.2) is 11.7 Å². The Morgan fingerprint density at radius 2 is 1.92 bits per heavy atom. The van der Waals surface area contributed by atoms with Crippen LogP contribution in [0.5, 0.6) is 0 Å². The second-order valence-electron chi connectivity index (χ2n) is 6.79. The quantitative estimate of drug-likeness (QED) is 0.850. The lowest BCUT2D eigenvalue weighted by molar-refractivity contribution is 0.0306. The molecule has 0 radical (unpaired) electrons. The monoisotopic (exact) mass is 362 g/mol. The highest BCUT2D eigenvalue weighted by Gasteiger charge is 2.28. The second kappa shape index (κ2) is 6.80. The molecule has 0 amide bonds. The number of rotatable bonds is 6. The average molecular weight is 362 g/mol. The number of nitrogens with zero attached hydrogens (tertiary/aromatic N) is 1. The van der Waals surface area contributed by atoms with E-state index in [1.807, 2.05) is 12.1 Å². The van der Waals surface area contributed by atoms with Crippen molar-refractivity contribution in [3.05, 3.63) is 36.4 Å². The number of nitrogens with one attached hydrogen (secondary N) is 1. The summed E-state index contributed by atoms with van der Waals surface area (Å²) in [6.45, 7) is 0.648. The summed E-state index contributed by atoms with van der Waals surface area (Å²) in [6, 6.07) is 7.17. The Morgan fingerprint density at radius 3 is 2.60 bits per heavy atom. The molecule has 1 unspecified atom stereocenters. The van der Waals surface area contributed by atoms with Crippen molar-refractivity contribution in [1.82, 2.24) is 4.98 Å². The number of sulfonamides is 1. The van der Waals surface area contributed by atoms with Crippen molar-refractivity contribution in [1.29, 1.82) is 0 Å². The van der Waals surface area contributed by atoms with Gasteiger partial charge in [-0.2, -0.15) is 0 Å². The zero-order chi connectivity index (χ0) is 17.3. The third kappa shape index (κ3) is 4.22. The van der Waals surface area contributed by atoms with Gasteiger partial charge in [0.1, 0.15) is 0 Å². The molecule has 1 aliphatic heterocycles. The molecule has 1 aromatic heterocycles. The summed E-state index contributed by atoms with van der Waals surface area (Å²) >= 11 is 0. The van der Waals surface area contributed by atoms with Gasteiger partial charge >= 0.3 is 0 Å². The molecular formula is C18H22N2O4S. The number of aromatic nitrogens is 1. The van der Waals surface area contributed by atoms with E-state index in [2.05, 4.69) is 9.71 Å². The molecule has 2 aliphatic rings. The average Bonchev–Trinajstić information content (AvgIpc) is 3.33. The van der Waals surface area contributed by atoms with Crippen molar-refractivity contribution in [3.63, 3.8) is 0 Å². The van der Waals surface area contributed by atoms with Crippen LogP contribution in [-0.2, 0) is 14.8 Å². The molecule has 7 heteroatoms. The second-order valence-corrected chi connectivity index (χ2v) is 8.55. The zero-order valence-electron chi connectivity index (χ0n) is 14.0. The SMILES string of the molecule is O=S(=O)(CC1CCCCO1)Nc1ccc(-c2cnc(C3CC3)o2)cc1. The summed E-state index contributed by atoms with van der Waals surface area (Å²) in [5.41, 5.74) is 1.43. The summed E-state index contributed by atoms with van der Waals surface area (Å²) in [5.74, 6) is 1.99. The molecule has 2 heterocycles. The molecule has 2 fully saturated rings. The van der Waals surface area contributed by atoms with Gasteiger partial charge in [-0.15, -0.1) is 0 Å². The Hall–Kier alpha value is -1.86. The van der Waals surface area contributed by atoms with Gasteiger partial charge in [-0.3, -0.25) is 4.72 Å². The van der Waals surface area contributed by atoms with Crippen LogP contribution in [0.15, 0.2) is 34.9 Å². The maximum atomic E-state index is 12.3. The molecule has 0 spiro atoms. The van der Waals surface area contributed by atoms with Crippen LogP contribution in [0, 0.1) is 0 Å². The molecule has 1 aromatic carbocycles. The molecular weight excluding hydrogens is 340 g/mol. The lowest BCUT2D eigenvalue weighted by atomic mass is 10.1. The Bertz CT molecular complexity index is 819.